The van der Waals surface area contributed by atoms with Gasteiger partial charge >= 0.3 is 0 Å². The monoisotopic (exact) mass is 735 g/mol. The van der Waals surface area contributed by atoms with Gasteiger partial charge in [-0.2, -0.15) is 0 Å². The van der Waals surface area contributed by atoms with E-state index < -0.39 is 0 Å². The molecular weight excluding hydrogens is 649 g/mol. The Morgan fingerprint density at radius 3 is 1.08 bits per heavy atom. The molecule has 0 aliphatic carbocycles. The molecule has 0 aliphatic rings. The Balaban J connectivity index is 1.63. The highest BCUT2D eigenvalue weighted by Gasteiger charge is 2.21. The average molecular weight is 735 g/mol. The Morgan fingerprint density at radius 2 is 0.755 bits per heavy atom. The molecule has 0 aromatic heterocycles. The van der Waals surface area contributed by atoms with Crippen molar-refractivity contribution in [1.29, 1.82) is 0 Å². The third kappa shape index (κ3) is 22.7. The smallest absolute Gasteiger partial charge is 0.257 e. The molecule has 0 bridgehead atoms. The van der Waals surface area contributed by atoms with Gasteiger partial charge in [0.05, 0.1) is 5.56 Å². The van der Waals surface area contributed by atoms with Crippen LogP contribution in [0.5, 0.6) is 5.75 Å². The highest BCUT2D eigenvalue weighted by atomic mass is 16.3. The number of fused-ring (bicyclic) bond motifs is 1. The first-order chi connectivity index (χ1) is 26.1. The Morgan fingerprint density at radius 1 is 0.472 bits per heavy atom. The average Bonchev–Trinajstić information content (AvgIpc) is 3.17. The predicted molar refractivity (Wildman–Crippen MR) is 234 cm³/mol. The van der Waals surface area contributed by atoms with Crippen molar-refractivity contribution in [3.05, 3.63) is 35.9 Å². The Labute approximate surface area is 328 Å². The maximum atomic E-state index is 13.9. The van der Waals surface area contributed by atoms with Gasteiger partial charge in [0.1, 0.15) is 5.75 Å². The minimum Gasteiger partial charge on any atom is -0.506 e. The van der Waals surface area contributed by atoms with Crippen LogP contribution >= 0.6 is 0 Å². The van der Waals surface area contributed by atoms with E-state index in [-0.39, 0.29) is 11.7 Å². The fraction of sp³-hybridized carbons (Fsp3) is 0.776. The first-order valence-corrected chi connectivity index (χ1v) is 23.4. The van der Waals surface area contributed by atoms with Crippen molar-refractivity contribution in [1.82, 2.24) is 4.90 Å². The number of carbonyl (C=O) groups excluding carboxylic acids is 1. The molecule has 0 spiro atoms. The number of benzene rings is 2. The predicted octanol–water partition coefficient (Wildman–Crippen LogP) is 15.9. The molecule has 0 aliphatic heterocycles. The van der Waals surface area contributed by atoms with E-state index in [1.807, 2.05) is 29.2 Å². The van der Waals surface area contributed by atoms with E-state index in [4.69, 9.17) is 5.73 Å². The van der Waals surface area contributed by atoms with Crippen molar-refractivity contribution < 1.29 is 9.90 Å². The number of hydrogen-bond donors (Lipinski definition) is 2. The Hall–Kier alpha value is -2.23. The van der Waals surface area contributed by atoms with Gasteiger partial charge in [0.25, 0.3) is 5.91 Å². The van der Waals surface area contributed by atoms with Crippen LogP contribution in [0.2, 0.25) is 0 Å². The van der Waals surface area contributed by atoms with E-state index in [1.165, 1.54) is 193 Å². The minimum absolute atomic E-state index is 0.0645. The Kier molecular flexibility index (Phi) is 29.3. The number of anilines is 1. The molecule has 0 fully saturated rings. The number of nitrogens with zero attached hydrogens (tertiary/aromatic N) is 1. The SMILES string of the molecule is CCCCCCCCCCCCCCCCCCCN(CCCCCCCCCCCCCCCCCCC)C(=O)c1cc(N)c2ccccc2c1O. The number of amides is 1. The quantitative estimate of drug-likeness (QED) is 0.0413. The van der Waals surface area contributed by atoms with Crippen molar-refractivity contribution in [2.75, 3.05) is 18.8 Å². The van der Waals surface area contributed by atoms with Crippen molar-refractivity contribution in [2.45, 2.75) is 232 Å². The summed E-state index contributed by atoms with van der Waals surface area (Å²) in [6.45, 7) is 6.09. The summed E-state index contributed by atoms with van der Waals surface area (Å²) in [4.78, 5) is 15.9. The lowest BCUT2D eigenvalue weighted by Gasteiger charge is -2.24. The van der Waals surface area contributed by atoms with Gasteiger partial charge in [-0.25, -0.2) is 0 Å². The highest BCUT2D eigenvalue weighted by Crippen LogP contribution is 2.34. The molecule has 4 nitrogen and oxygen atoms in total. The topological polar surface area (TPSA) is 66.6 Å². The van der Waals surface area contributed by atoms with Gasteiger partial charge in [0.2, 0.25) is 0 Å². The second kappa shape index (κ2) is 33.1. The number of carbonyl (C=O) groups is 1. The number of phenols is 1. The summed E-state index contributed by atoms with van der Waals surface area (Å²) in [5.74, 6) is -0.0115. The number of aromatic hydroxyl groups is 1. The van der Waals surface area contributed by atoms with Crippen molar-refractivity contribution in [3.63, 3.8) is 0 Å². The van der Waals surface area contributed by atoms with E-state index in [2.05, 4.69) is 13.8 Å². The van der Waals surface area contributed by atoms with E-state index in [1.54, 1.807) is 6.07 Å². The van der Waals surface area contributed by atoms with Crippen LogP contribution < -0.4 is 5.73 Å². The lowest BCUT2D eigenvalue weighted by Crippen LogP contribution is -2.33. The van der Waals surface area contributed by atoms with Crippen LogP contribution in [0.15, 0.2) is 30.3 Å². The number of nitrogens with two attached hydrogens (primary N) is 1. The van der Waals surface area contributed by atoms with Crippen LogP contribution in [0.4, 0.5) is 5.69 Å². The molecule has 0 saturated carbocycles. The molecule has 0 unspecified atom stereocenters. The summed E-state index contributed by atoms with van der Waals surface area (Å²) in [5, 5.41) is 12.6. The molecule has 0 radical (unpaired) electrons. The van der Waals surface area contributed by atoms with Crippen LogP contribution in [-0.2, 0) is 0 Å². The molecule has 0 heterocycles. The maximum Gasteiger partial charge on any atom is 0.257 e. The summed E-state index contributed by atoms with van der Waals surface area (Å²) >= 11 is 0. The lowest BCUT2D eigenvalue weighted by molar-refractivity contribution is 0.0746. The molecule has 304 valence electrons. The largest absolute Gasteiger partial charge is 0.506 e. The van der Waals surface area contributed by atoms with Gasteiger partial charge in [-0.15, -0.1) is 0 Å². The van der Waals surface area contributed by atoms with Crippen molar-refractivity contribution in [3.8, 4) is 5.75 Å². The maximum absolute atomic E-state index is 13.9. The van der Waals surface area contributed by atoms with Crippen LogP contribution in [0, 0.1) is 0 Å². The molecular formula is C49H86N2O2. The van der Waals surface area contributed by atoms with Crippen LogP contribution in [0.1, 0.15) is 243 Å². The third-order valence-electron chi connectivity index (χ3n) is 11.6. The molecule has 2 aromatic carbocycles. The van der Waals surface area contributed by atoms with Gasteiger partial charge in [-0.1, -0.05) is 244 Å². The van der Waals surface area contributed by atoms with Crippen molar-refractivity contribution in [2.24, 2.45) is 0 Å². The second-order valence-corrected chi connectivity index (χ2v) is 16.5. The zero-order chi connectivity index (χ0) is 38.0. The zero-order valence-corrected chi connectivity index (χ0v) is 35.2. The van der Waals surface area contributed by atoms with E-state index in [0.717, 1.165) is 44.2 Å². The lowest BCUT2D eigenvalue weighted by atomic mass is 10.0. The van der Waals surface area contributed by atoms with E-state index in [0.29, 0.717) is 16.6 Å². The standard InChI is InChI=1S/C49H86N2O2/c1-3-5-7-9-11-13-15-17-19-21-23-25-27-29-31-33-37-41-51(49(53)46-43-47(50)44-39-35-36-40-45(44)48(46)52)42-38-34-32-30-28-26-24-22-20-18-16-14-12-10-8-6-4-2/h35-36,39-40,43,52H,3-34,37-38,41-42,50H2,1-2H3. The normalized spacial score (nSPS) is 11.5. The molecule has 4 heteroatoms. The van der Waals surface area contributed by atoms with Gasteiger partial charge in [0.15, 0.2) is 0 Å². The first-order valence-electron chi connectivity index (χ1n) is 23.4. The Bertz CT molecular complexity index is 1110. The summed E-state index contributed by atoms with van der Waals surface area (Å²) in [7, 11) is 0. The van der Waals surface area contributed by atoms with Crippen LogP contribution in [0.3, 0.4) is 0 Å². The van der Waals surface area contributed by atoms with Gasteiger partial charge in [-0.3, -0.25) is 4.79 Å². The molecule has 0 saturated heterocycles. The molecule has 1 amide bonds. The molecule has 0 atom stereocenters. The molecule has 2 rings (SSSR count). The van der Waals surface area contributed by atoms with Gasteiger partial charge in [-0.05, 0) is 18.9 Å². The first kappa shape index (κ1) is 46.9. The van der Waals surface area contributed by atoms with E-state index in [9.17, 15) is 9.90 Å². The fourth-order valence-corrected chi connectivity index (χ4v) is 8.09. The zero-order valence-electron chi connectivity index (χ0n) is 35.2. The number of unbranched alkanes of at least 4 members (excludes halogenated alkanes) is 32. The summed E-state index contributed by atoms with van der Waals surface area (Å²) in [6, 6.07) is 9.26. The summed E-state index contributed by atoms with van der Waals surface area (Å²) < 4.78 is 0. The second-order valence-electron chi connectivity index (χ2n) is 16.5. The van der Waals surface area contributed by atoms with Crippen LogP contribution in [0.25, 0.3) is 10.8 Å². The number of nitrogen functional groups attached to an aromatic ring is 1. The summed E-state index contributed by atoms with van der Waals surface area (Å²) in [6.07, 6.45) is 45.9. The van der Waals surface area contributed by atoms with Gasteiger partial charge in [0, 0.05) is 29.5 Å². The number of hydrogen-bond acceptors (Lipinski definition) is 3. The highest BCUT2D eigenvalue weighted by molar-refractivity contribution is 6.07. The minimum atomic E-state index is -0.0760. The molecule has 53 heavy (non-hydrogen) atoms. The third-order valence-corrected chi connectivity index (χ3v) is 11.6. The van der Waals surface area contributed by atoms with Gasteiger partial charge < -0.3 is 15.7 Å². The number of rotatable bonds is 37. The number of phenolic OH excluding ortho intramolecular Hbond substituents is 1. The molecule has 3 N–H and O–H groups in total. The molecule has 2 aromatic rings. The van der Waals surface area contributed by atoms with E-state index >= 15 is 0 Å². The van der Waals surface area contributed by atoms with Crippen molar-refractivity contribution >= 4 is 22.4 Å². The summed E-state index contributed by atoms with van der Waals surface area (Å²) in [5.41, 5.74) is 7.27. The van der Waals surface area contributed by atoms with Crippen LogP contribution in [-0.4, -0.2) is 29.0 Å². The fourth-order valence-electron chi connectivity index (χ4n) is 8.09.